The Morgan fingerprint density at radius 3 is 2.60 bits per heavy atom. The Morgan fingerprint density at radius 2 is 1.92 bits per heavy atom. The quantitative estimate of drug-likeness (QED) is 0.374. The number of aryl methyl sites for hydroxylation is 1. The fourth-order valence-corrected chi connectivity index (χ4v) is 3.16. The molecule has 0 aliphatic rings. The van der Waals surface area contributed by atoms with Crippen LogP contribution >= 0.6 is 23.4 Å². The molecule has 0 saturated carbocycles. The molecule has 0 aliphatic heterocycles. The van der Waals surface area contributed by atoms with Gasteiger partial charge in [-0.05, 0) is 48.9 Å². The maximum absolute atomic E-state index is 11.6. The van der Waals surface area contributed by atoms with Crippen molar-refractivity contribution in [2.24, 2.45) is 0 Å². The zero-order valence-corrected chi connectivity index (χ0v) is 14.7. The number of nitrogens with zero attached hydrogens (tertiary/aromatic N) is 3. The van der Waals surface area contributed by atoms with E-state index in [1.54, 1.807) is 24.3 Å². The molecule has 0 bridgehead atoms. The number of rotatable bonds is 5. The van der Waals surface area contributed by atoms with Gasteiger partial charge >= 0.3 is 5.69 Å². The van der Waals surface area contributed by atoms with E-state index >= 15 is 0 Å². The summed E-state index contributed by atoms with van der Waals surface area (Å²) in [7, 11) is 0. The summed E-state index contributed by atoms with van der Waals surface area (Å²) >= 11 is 7.06. The van der Waals surface area contributed by atoms with Crippen LogP contribution in [0, 0.1) is 17.0 Å². The Kier molecular flexibility index (Phi) is 5.16. The van der Waals surface area contributed by atoms with Gasteiger partial charge in [-0.3, -0.25) is 10.1 Å². The largest absolute Gasteiger partial charge is 0.343 e. The van der Waals surface area contributed by atoms with Crippen molar-refractivity contribution in [3.63, 3.8) is 0 Å². The van der Waals surface area contributed by atoms with Crippen molar-refractivity contribution in [1.82, 2.24) is 9.97 Å². The lowest BCUT2D eigenvalue weighted by molar-refractivity contribution is -0.387. The second-order valence-electron chi connectivity index (χ2n) is 5.18. The van der Waals surface area contributed by atoms with E-state index in [1.807, 2.05) is 31.2 Å². The number of hydrogen-bond acceptors (Lipinski definition) is 6. The Morgan fingerprint density at radius 1 is 1.16 bits per heavy atom. The molecule has 0 saturated heterocycles. The van der Waals surface area contributed by atoms with Gasteiger partial charge in [0.1, 0.15) is 6.33 Å². The molecule has 1 heterocycles. The third-order valence-corrected chi connectivity index (χ3v) is 4.53. The molecule has 0 amide bonds. The summed E-state index contributed by atoms with van der Waals surface area (Å²) in [5.74, 6) is 0.155. The lowest BCUT2D eigenvalue weighted by atomic mass is 10.2. The van der Waals surface area contributed by atoms with Crippen LogP contribution in [0.1, 0.15) is 5.56 Å². The molecule has 0 atom stereocenters. The van der Waals surface area contributed by atoms with Crippen molar-refractivity contribution in [2.45, 2.75) is 16.8 Å². The van der Waals surface area contributed by atoms with Crippen LogP contribution in [0.5, 0.6) is 0 Å². The van der Waals surface area contributed by atoms with E-state index in [0.29, 0.717) is 5.02 Å². The molecule has 25 heavy (non-hydrogen) atoms. The van der Waals surface area contributed by atoms with Gasteiger partial charge in [-0.2, -0.15) is 0 Å². The molecule has 6 nitrogen and oxygen atoms in total. The van der Waals surface area contributed by atoms with Crippen LogP contribution in [-0.4, -0.2) is 14.9 Å². The number of anilines is 2. The number of aromatic nitrogens is 2. The van der Waals surface area contributed by atoms with Crippen LogP contribution < -0.4 is 5.32 Å². The maximum Gasteiger partial charge on any atom is 0.343 e. The van der Waals surface area contributed by atoms with Gasteiger partial charge in [0.05, 0.1) is 4.92 Å². The number of halogens is 1. The van der Waals surface area contributed by atoms with Crippen LogP contribution in [0.25, 0.3) is 0 Å². The van der Waals surface area contributed by atoms with Crippen molar-refractivity contribution in [2.75, 3.05) is 5.32 Å². The molecule has 0 spiro atoms. The monoisotopic (exact) mass is 372 g/mol. The first-order valence-corrected chi connectivity index (χ1v) is 8.49. The van der Waals surface area contributed by atoms with Gasteiger partial charge in [0.15, 0.2) is 5.03 Å². The van der Waals surface area contributed by atoms with E-state index in [4.69, 9.17) is 11.6 Å². The first-order chi connectivity index (χ1) is 12.0. The molecule has 2 aromatic carbocycles. The van der Waals surface area contributed by atoms with Crippen molar-refractivity contribution < 1.29 is 4.92 Å². The summed E-state index contributed by atoms with van der Waals surface area (Å²) in [5, 5.41) is 15.5. The first kappa shape index (κ1) is 17.2. The third kappa shape index (κ3) is 4.26. The standard InChI is InChI=1S/C17H13ClN4O2S/c1-11-3-2-4-13(9-11)21-16-15(22(23)24)17(20-10-19-16)25-14-7-5-12(18)6-8-14/h2-10H,1H3,(H,19,20,21). The van der Waals surface area contributed by atoms with Crippen LogP contribution in [0.4, 0.5) is 17.2 Å². The van der Waals surface area contributed by atoms with E-state index in [-0.39, 0.29) is 16.5 Å². The molecule has 1 aromatic heterocycles. The van der Waals surface area contributed by atoms with E-state index in [9.17, 15) is 10.1 Å². The van der Waals surface area contributed by atoms with E-state index in [2.05, 4.69) is 15.3 Å². The van der Waals surface area contributed by atoms with E-state index in [0.717, 1.165) is 16.1 Å². The zero-order chi connectivity index (χ0) is 17.8. The van der Waals surface area contributed by atoms with E-state index in [1.165, 1.54) is 18.1 Å². The summed E-state index contributed by atoms with van der Waals surface area (Å²) in [6.45, 7) is 1.95. The topological polar surface area (TPSA) is 81.0 Å². The minimum atomic E-state index is -0.476. The van der Waals surface area contributed by atoms with Gasteiger partial charge in [-0.25, -0.2) is 9.97 Å². The lowest BCUT2D eigenvalue weighted by Gasteiger charge is -2.09. The fraction of sp³-hybridized carbons (Fsp3) is 0.0588. The van der Waals surface area contributed by atoms with Crippen LogP contribution in [0.2, 0.25) is 5.02 Å². The zero-order valence-electron chi connectivity index (χ0n) is 13.1. The molecule has 126 valence electrons. The van der Waals surface area contributed by atoms with Gasteiger partial charge < -0.3 is 5.32 Å². The number of nitro groups is 1. The van der Waals surface area contributed by atoms with Crippen molar-refractivity contribution >= 4 is 40.6 Å². The molecule has 3 aromatic rings. The summed E-state index contributed by atoms with van der Waals surface area (Å²) in [6.07, 6.45) is 1.31. The van der Waals surface area contributed by atoms with Gasteiger partial charge in [0, 0.05) is 15.6 Å². The average Bonchev–Trinajstić information content (AvgIpc) is 2.57. The van der Waals surface area contributed by atoms with Crippen molar-refractivity contribution in [3.05, 3.63) is 75.6 Å². The van der Waals surface area contributed by atoms with Crippen molar-refractivity contribution in [3.8, 4) is 0 Å². The first-order valence-electron chi connectivity index (χ1n) is 7.29. The van der Waals surface area contributed by atoms with Gasteiger partial charge in [0.25, 0.3) is 0 Å². The molecular formula is C17H13ClN4O2S. The molecule has 0 unspecified atom stereocenters. The summed E-state index contributed by atoms with van der Waals surface area (Å²) in [5.41, 5.74) is 1.60. The second-order valence-corrected chi connectivity index (χ2v) is 6.68. The molecule has 0 radical (unpaired) electrons. The fourth-order valence-electron chi connectivity index (χ4n) is 2.17. The van der Waals surface area contributed by atoms with Crippen molar-refractivity contribution in [1.29, 1.82) is 0 Å². The Bertz CT molecular complexity index is 919. The summed E-state index contributed by atoms with van der Waals surface area (Å²) in [6, 6.07) is 14.5. The Balaban J connectivity index is 1.96. The molecule has 8 heteroatoms. The summed E-state index contributed by atoms with van der Waals surface area (Å²) < 4.78 is 0. The normalized spacial score (nSPS) is 10.5. The smallest absolute Gasteiger partial charge is 0.334 e. The number of hydrogen-bond donors (Lipinski definition) is 1. The molecular weight excluding hydrogens is 360 g/mol. The predicted molar refractivity (Wildman–Crippen MR) is 98.7 cm³/mol. The number of nitrogens with one attached hydrogen (secondary N) is 1. The minimum Gasteiger partial charge on any atom is -0.334 e. The average molecular weight is 373 g/mol. The SMILES string of the molecule is Cc1cccc(Nc2ncnc(Sc3ccc(Cl)cc3)c2[N+](=O)[O-])c1. The molecule has 0 aliphatic carbocycles. The molecule has 3 rings (SSSR count). The van der Waals surface area contributed by atoms with Crippen LogP contribution in [-0.2, 0) is 0 Å². The van der Waals surface area contributed by atoms with Crippen LogP contribution in [0.15, 0.2) is 64.8 Å². The Labute approximate surface area is 153 Å². The highest BCUT2D eigenvalue weighted by atomic mass is 35.5. The highest BCUT2D eigenvalue weighted by Gasteiger charge is 2.24. The molecule has 0 fully saturated rings. The molecule has 1 N–H and O–H groups in total. The van der Waals surface area contributed by atoms with E-state index < -0.39 is 4.92 Å². The minimum absolute atomic E-state index is 0.155. The Hall–Kier alpha value is -2.64. The van der Waals surface area contributed by atoms with Gasteiger partial charge in [-0.1, -0.05) is 35.5 Å². The second kappa shape index (κ2) is 7.50. The predicted octanol–water partition coefficient (Wildman–Crippen LogP) is 5.24. The van der Waals surface area contributed by atoms with Crippen LogP contribution in [0.3, 0.4) is 0 Å². The maximum atomic E-state index is 11.6. The number of benzene rings is 2. The lowest BCUT2D eigenvalue weighted by Crippen LogP contribution is -2.03. The third-order valence-electron chi connectivity index (χ3n) is 3.28. The highest BCUT2D eigenvalue weighted by Crippen LogP contribution is 2.37. The highest BCUT2D eigenvalue weighted by molar-refractivity contribution is 7.99. The van der Waals surface area contributed by atoms with Gasteiger partial charge in [0.2, 0.25) is 5.82 Å². The summed E-state index contributed by atoms with van der Waals surface area (Å²) in [4.78, 5) is 20.0. The van der Waals surface area contributed by atoms with Gasteiger partial charge in [-0.15, -0.1) is 0 Å².